The Bertz CT molecular complexity index is 587. The molecule has 3 heterocycles. The van der Waals surface area contributed by atoms with Crippen molar-refractivity contribution >= 4 is 22.7 Å². The SMILES string of the molecule is CC(Nc1nccc2occc12)C(=O)N1CCCC1. The van der Waals surface area contributed by atoms with Gasteiger partial charge in [-0.05, 0) is 31.9 Å². The van der Waals surface area contributed by atoms with Crippen LogP contribution in [0.2, 0.25) is 0 Å². The second kappa shape index (κ2) is 4.91. The van der Waals surface area contributed by atoms with Crippen LogP contribution in [0.15, 0.2) is 29.0 Å². The van der Waals surface area contributed by atoms with Gasteiger partial charge in [0.15, 0.2) is 0 Å². The van der Waals surface area contributed by atoms with Gasteiger partial charge in [0.25, 0.3) is 0 Å². The van der Waals surface area contributed by atoms with Crippen molar-refractivity contribution in [3.63, 3.8) is 0 Å². The predicted octanol–water partition coefficient (Wildman–Crippen LogP) is 2.25. The zero-order chi connectivity index (χ0) is 13.2. The maximum absolute atomic E-state index is 12.2. The molecule has 1 atom stereocenters. The fourth-order valence-corrected chi connectivity index (χ4v) is 2.49. The Morgan fingerprint density at radius 1 is 1.42 bits per heavy atom. The lowest BCUT2D eigenvalue weighted by Gasteiger charge is -2.21. The average molecular weight is 259 g/mol. The molecule has 0 spiro atoms. The molecule has 1 unspecified atom stereocenters. The Hall–Kier alpha value is -2.04. The van der Waals surface area contributed by atoms with E-state index < -0.39 is 0 Å². The quantitative estimate of drug-likeness (QED) is 0.918. The first-order valence-electron chi connectivity index (χ1n) is 6.63. The number of hydrogen-bond donors (Lipinski definition) is 1. The number of rotatable bonds is 3. The van der Waals surface area contributed by atoms with E-state index in [2.05, 4.69) is 10.3 Å². The summed E-state index contributed by atoms with van der Waals surface area (Å²) in [4.78, 5) is 18.4. The summed E-state index contributed by atoms with van der Waals surface area (Å²) >= 11 is 0. The molecule has 0 saturated carbocycles. The molecule has 3 rings (SSSR count). The summed E-state index contributed by atoms with van der Waals surface area (Å²) in [5, 5.41) is 4.09. The number of furan rings is 1. The molecule has 1 aliphatic rings. The topological polar surface area (TPSA) is 58.4 Å². The molecule has 5 heteroatoms. The van der Waals surface area contributed by atoms with Gasteiger partial charge >= 0.3 is 0 Å². The molecule has 0 radical (unpaired) electrons. The van der Waals surface area contributed by atoms with Crippen LogP contribution in [0.5, 0.6) is 0 Å². The van der Waals surface area contributed by atoms with Crippen molar-refractivity contribution in [1.29, 1.82) is 0 Å². The van der Waals surface area contributed by atoms with E-state index in [-0.39, 0.29) is 11.9 Å². The van der Waals surface area contributed by atoms with Gasteiger partial charge in [0.2, 0.25) is 5.91 Å². The van der Waals surface area contributed by atoms with Gasteiger partial charge in [-0.3, -0.25) is 4.79 Å². The second-order valence-electron chi connectivity index (χ2n) is 4.89. The molecule has 1 aliphatic heterocycles. The van der Waals surface area contributed by atoms with Crippen molar-refractivity contribution in [2.24, 2.45) is 0 Å². The van der Waals surface area contributed by atoms with Gasteiger partial charge in [-0.15, -0.1) is 0 Å². The monoisotopic (exact) mass is 259 g/mol. The molecule has 0 aromatic carbocycles. The summed E-state index contributed by atoms with van der Waals surface area (Å²) in [7, 11) is 0. The minimum atomic E-state index is -0.272. The van der Waals surface area contributed by atoms with Crippen LogP contribution in [0.25, 0.3) is 11.0 Å². The molecule has 1 N–H and O–H groups in total. The van der Waals surface area contributed by atoms with Crippen molar-refractivity contribution in [3.05, 3.63) is 24.6 Å². The molecule has 1 amide bonds. The molecule has 100 valence electrons. The van der Waals surface area contributed by atoms with Crippen molar-refractivity contribution < 1.29 is 9.21 Å². The summed E-state index contributed by atoms with van der Waals surface area (Å²) < 4.78 is 5.33. The second-order valence-corrected chi connectivity index (χ2v) is 4.89. The number of carbonyl (C=O) groups excluding carboxylic acids is 1. The van der Waals surface area contributed by atoms with Crippen LogP contribution in [-0.2, 0) is 4.79 Å². The Labute approximate surface area is 111 Å². The number of hydrogen-bond acceptors (Lipinski definition) is 4. The first-order valence-corrected chi connectivity index (χ1v) is 6.63. The van der Waals surface area contributed by atoms with E-state index in [9.17, 15) is 4.79 Å². The van der Waals surface area contributed by atoms with Gasteiger partial charge in [0, 0.05) is 19.3 Å². The minimum Gasteiger partial charge on any atom is -0.464 e. The number of anilines is 1. The third kappa shape index (κ3) is 2.28. The number of carbonyl (C=O) groups is 1. The zero-order valence-corrected chi connectivity index (χ0v) is 10.9. The molecule has 19 heavy (non-hydrogen) atoms. The summed E-state index contributed by atoms with van der Waals surface area (Å²) in [6.45, 7) is 3.61. The maximum atomic E-state index is 12.2. The maximum Gasteiger partial charge on any atom is 0.244 e. The van der Waals surface area contributed by atoms with Gasteiger partial charge in [-0.2, -0.15) is 0 Å². The standard InChI is InChI=1S/C14H17N3O2/c1-10(14(18)17-7-2-3-8-17)16-13-11-5-9-19-12(11)4-6-15-13/h4-6,9-10H,2-3,7-8H2,1H3,(H,15,16). The van der Waals surface area contributed by atoms with Crippen LogP contribution in [0.4, 0.5) is 5.82 Å². The number of pyridine rings is 1. The lowest BCUT2D eigenvalue weighted by atomic mass is 10.2. The van der Waals surface area contributed by atoms with E-state index in [1.54, 1.807) is 12.5 Å². The molecule has 2 aromatic rings. The van der Waals surface area contributed by atoms with Crippen molar-refractivity contribution in [2.75, 3.05) is 18.4 Å². The Kier molecular flexibility index (Phi) is 3.11. The first kappa shape index (κ1) is 12.0. The van der Waals surface area contributed by atoms with E-state index >= 15 is 0 Å². The lowest BCUT2D eigenvalue weighted by Crippen LogP contribution is -2.39. The molecule has 0 aliphatic carbocycles. The van der Waals surface area contributed by atoms with E-state index in [4.69, 9.17) is 4.42 Å². The van der Waals surface area contributed by atoms with Crippen LogP contribution in [0, 0.1) is 0 Å². The molecule has 0 bridgehead atoms. The Morgan fingerprint density at radius 3 is 3.00 bits per heavy atom. The smallest absolute Gasteiger partial charge is 0.244 e. The highest BCUT2D eigenvalue weighted by molar-refractivity contribution is 5.91. The van der Waals surface area contributed by atoms with Gasteiger partial charge in [-0.25, -0.2) is 4.98 Å². The highest BCUT2D eigenvalue weighted by Crippen LogP contribution is 2.22. The van der Waals surface area contributed by atoms with Gasteiger partial charge in [0.05, 0.1) is 11.6 Å². The normalized spacial score (nSPS) is 16.8. The van der Waals surface area contributed by atoms with E-state index in [0.717, 1.165) is 36.9 Å². The number of aromatic nitrogens is 1. The molecule has 5 nitrogen and oxygen atoms in total. The average Bonchev–Trinajstić information content (AvgIpc) is 3.09. The van der Waals surface area contributed by atoms with Crippen LogP contribution >= 0.6 is 0 Å². The largest absolute Gasteiger partial charge is 0.464 e. The number of nitrogens with one attached hydrogen (secondary N) is 1. The summed E-state index contributed by atoms with van der Waals surface area (Å²) in [6, 6.07) is 3.40. The number of fused-ring (bicyclic) bond motifs is 1. The number of amides is 1. The minimum absolute atomic E-state index is 0.139. The van der Waals surface area contributed by atoms with Gasteiger partial charge in [-0.1, -0.05) is 0 Å². The molecular formula is C14H17N3O2. The fourth-order valence-electron chi connectivity index (χ4n) is 2.49. The highest BCUT2D eigenvalue weighted by atomic mass is 16.3. The molecule has 1 saturated heterocycles. The Morgan fingerprint density at radius 2 is 2.21 bits per heavy atom. The van der Waals surface area contributed by atoms with E-state index in [1.807, 2.05) is 24.0 Å². The highest BCUT2D eigenvalue weighted by Gasteiger charge is 2.23. The summed E-state index contributed by atoms with van der Waals surface area (Å²) in [5.41, 5.74) is 0.776. The number of likely N-dealkylation sites (tertiary alicyclic amines) is 1. The Balaban J connectivity index is 1.76. The van der Waals surface area contributed by atoms with E-state index in [0.29, 0.717) is 5.82 Å². The molecule has 1 fully saturated rings. The lowest BCUT2D eigenvalue weighted by molar-refractivity contribution is -0.130. The predicted molar refractivity (Wildman–Crippen MR) is 72.9 cm³/mol. The van der Waals surface area contributed by atoms with Crippen molar-refractivity contribution in [2.45, 2.75) is 25.8 Å². The van der Waals surface area contributed by atoms with E-state index in [1.165, 1.54) is 0 Å². The van der Waals surface area contributed by atoms with Crippen molar-refractivity contribution in [1.82, 2.24) is 9.88 Å². The first-order chi connectivity index (χ1) is 9.25. The van der Waals surface area contributed by atoms with Gasteiger partial charge in [0.1, 0.15) is 17.4 Å². The van der Waals surface area contributed by atoms with Crippen LogP contribution in [-0.4, -0.2) is 34.9 Å². The van der Waals surface area contributed by atoms with Crippen molar-refractivity contribution in [3.8, 4) is 0 Å². The zero-order valence-electron chi connectivity index (χ0n) is 10.9. The fraction of sp³-hybridized carbons (Fsp3) is 0.429. The summed E-state index contributed by atoms with van der Waals surface area (Å²) in [5.74, 6) is 0.839. The third-order valence-corrected chi connectivity index (χ3v) is 3.52. The molecule has 2 aromatic heterocycles. The third-order valence-electron chi connectivity index (χ3n) is 3.52. The van der Waals surface area contributed by atoms with Gasteiger partial charge < -0.3 is 14.6 Å². The number of nitrogens with zero attached hydrogens (tertiary/aromatic N) is 2. The van der Waals surface area contributed by atoms with Crippen LogP contribution < -0.4 is 5.32 Å². The summed E-state index contributed by atoms with van der Waals surface area (Å²) in [6.07, 6.45) is 5.52. The van der Waals surface area contributed by atoms with Crippen LogP contribution in [0.3, 0.4) is 0 Å². The molecular weight excluding hydrogens is 242 g/mol. The van der Waals surface area contributed by atoms with Crippen LogP contribution in [0.1, 0.15) is 19.8 Å².